The van der Waals surface area contributed by atoms with Gasteiger partial charge in [-0.1, -0.05) is 35.0 Å². The van der Waals surface area contributed by atoms with E-state index in [1.807, 2.05) is 28.9 Å². The van der Waals surface area contributed by atoms with Crippen molar-refractivity contribution < 1.29 is 5.11 Å². The molecule has 1 atom stereocenters. The molecule has 0 aliphatic carbocycles. The van der Waals surface area contributed by atoms with Crippen LogP contribution in [0.2, 0.25) is 0 Å². The molecule has 0 radical (unpaired) electrons. The van der Waals surface area contributed by atoms with E-state index in [9.17, 15) is 5.11 Å². The second-order valence-corrected chi connectivity index (χ2v) is 5.49. The van der Waals surface area contributed by atoms with Gasteiger partial charge in [-0.15, -0.1) is 0 Å². The summed E-state index contributed by atoms with van der Waals surface area (Å²) in [6.07, 6.45) is 1.02. The smallest absolute Gasteiger partial charge is 0.0845 e. The Morgan fingerprint density at radius 3 is 2.74 bits per heavy atom. The van der Waals surface area contributed by atoms with E-state index in [1.165, 1.54) is 0 Å². The standard InChI is InChI=1S/C15H19BrN2O/c1-3-13-9-14(18(4-2)17-13)10-15(19)11-6-5-7-12(16)8-11/h5-9,15,19H,3-4,10H2,1-2H3. The highest BCUT2D eigenvalue weighted by molar-refractivity contribution is 9.10. The molecule has 3 nitrogen and oxygen atoms in total. The highest BCUT2D eigenvalue weighted by Crippen LogP contribution is 2.22. The van der Waals surface area contributed by atoms with E-state index in [0.717, 1.165) is 34.4 Å². The average molecular weight is 323 g/mol. The van der Waals surface area contributed by atoms with Gasteiger partial charge in [0, 0.05) is 23.1 Å². The van der Waals surface area contributed by atoms with E-state index in [1.54, 1.807) is 0 Å². The van der Waals surface area contributed by atoms with Crippen molar-refractivity contribution in [1.82, 2.24) is 9.78 Å². The molecule has 0 saturated heterocycles. The molecule has 102 valence electrons. The van der Waals surface area contributed by atoms with Crippen molar-refractivity contribution in [3.05, 3.63) is 51.8 Å². The maximum atomic E-state index is 10.3. The number of hydrogen-bond donors (Lipinski definition) is 1. The molecule has 4 heteroatoms. The van der Waals surface area contributed by atoms with Gasteiger partial charge in [-0.25, -0.2) is 0 Å². The maximum Gasteiger partial charge on any atom is 0.0845 e. The number of aliphatic hydroxyl groups excluding tert-OH is 1. The van der Waals surface area contributed by atoms with Gasteiger partial charge in [0.05, 0.1) is 11.8 Å². The van der Waals surface area contributed by atoms with Gasteiger partial charge in [-0.05, 0) is 37.1 Å². The molecule has 2 rings (SSSR count). The van der Waals surface area contributed by atoms with Gasteiger partial charge < -0.3 is 5.11 Å². The number of hydrogen-bond acceptors (Lipinski definition) is 2. The lowest BCUT2D eigenvalue weighted by Crippen LogP contribution is -2.08. The molecule has 1 aromatic heterocycles. The molecular formula is C15H19BrN2O. The molecule has 1 heterocycles. The molecule has 0 saturated carbocycles. The zero-order chi connectivity index (χ0) is 13.8. The number of aromatic nitrogens is 2. The van der Waals surface area contributed by atoms with Crippen molar-refractivity contribution in [3.63, 3.8) is 0 Å². The van der Waals surface area contributed by atoms with Crippen LogP contribution in [0.4, 0.5) is 0 Å². The molecule has 0 aliphatic heterocycles. The van der Waals surface area contributed by atoms with Gasteiger partial charge in [-0.2, -0.15) is 5.10 Å². The third kappa shape index (κ3) is 3.45. The van der Waals surface area contributed by atoms with Crippen LogP contribution in [0, 0.1) is 0 Å². The minimum atomic E-state index is -0.496. The fraction of sp³-hybridized carbons (Fsp3) is 0.400. The van der Waals surface area contributed by atoms with Crippen molar-refractivity contribution in [2.45, 2.75) is 39.3 Å². The van der Waals surface area contributed by atoms with E-state index in [-0.39, 0.29) is 0 Å². The first-order valence-electron chi connectivity index (χ1n) is 6.63. The van der Waals surface area contributed by atoms with Crippen LogP contribution in [0.15, 0.2) is 34.8 Å². The lowest BCUT2D eigenvalue weighted by atomic mass is 10.0. The minimum absolute atomic E-state index is 0.496. The SMILES string of the molecule is CCc1cc(CC(O)c2cccc(Br)c2)n(CC)n1. The van der Waals surface area contributed by atoms with Gasteiger partial charge in [-0.3, -0.25) is 4.68 Å². The molecule has 1 N–H and O–H groups in total. The highest BCUT2D eigenvalue weighted by Gasteiger charge is 2.13. The Morgan fingerprint density at radius 1 is 1.32 bits per heavy atom. The van der Waals surface area contributed by atoms with Gasteiger partial charge in [0.1, 0.15) is 0 Å². The topological polar surface area (TPSA) is 38.0 Å². The zero-order valence-electron chi connectivity index (χ0n) is 11.3. The fourth-order valence-corrected chi connectivity index (χ4v) is 2.57. The molecule has 0 amide bonds. The second kappa shape index (κ2) is 6.35. The van der Waals surface area contributed by atoms with Gasteiger partial charge >= 0.3 is 0 Å². The number of rotatable bonds is 5. The van der Waals surface area contributed by atoms with E-state index >= 15 is 0 Å². The van der Waals surface area contributed by atoms with Crippen LogP contribution >= 0.6 is 15.9 Å². The average Bonchev–Trinajstić information content (AvgIpc) is 2.81. The van der Waals surface area contributed by atoms with Crippen molar-refractivity contribution in [1.29, 1.82) is 0 Å². The summed E-state index contributed by atoms with van der Waals surface area (Å²) < 4.78 is 2.96. The monoisotopic (exact) mass is 322 g/mol. The van der Waals surface area contributed by atoms with Gasteiger partial charge in [0.15, 0.2) is 0 Å². The van der Waals surface area contributed by atoms with Crippen LogP contribution in [0.25, 0.3) is 0 Å². The van der Waals surface area contributed by atoms with Crippen molar-refractivity contribution >= 4 is 15.9 Å². The third-order valence-electron chi connectivity index (χ3n) is 3.21. The number of aliphatic hydroxyl groups is 1. The minimum Gasteiger partial charge on any atom is -0.388 e. The summed E-state index contributed by atoms with van der Waals surface area (Å²) in [4.78, 5) is 0. The maximum absolute atomic E-state index is 10.3. The van der Waals surface area contributed by atoms with Crippen LogP contribution in [0.1, 0.15) is 36.9 Å². The molecule has 2 aromatic rings. The Kier molecular flexibility index (Phi) is 4.77. The number of benzene rings is 1. The molecule has 19 heavy (non-hydrogen) atoms. The predicted octanol–water partition coefficient (Wildman–Crippen LogP) is 3.50. The molecule has 1 unspecified atom stereocenters. The Hall–Kier alpha value is -1.13. The van der Waals surface area contributed by atoms with E-state index in [0.29, 0.717) is 6.42 Å². The summed E-state index contributed by atoms with van der Waals surface area (Å²) >= 11 is 3.43. The number of nitrogens with zero attached hydrogens (tertiary/aromatic N) is 2. The normalized spacial score (nSPS) is 12.6. The van der Waals surface area contributed by atoms with E-state index in [4.69, 9.17) is 0 Å². The lowest BCUT2D eigenvalue weighted by molar-refractivity contribution is 0.175. The first kappa shape index (κ1) is 14.3. The summed E-state index contributed by atoms with van der Waals surface area (Å²) in [5.74, 6) is 0. The zero-order valence-corrected chi connectivity index (χ0v) is 12.9. The van der Waals surface area contributed by atoms with Crippen molar-refractivity contribution in [3.8, 4) is 0 Å². The van der Waals surface area contributed by atoms with Crippen molar-refractivity contribution in [2.24, 2.45) is 0 Å². The van der Waals surface area contributed by atoms with Crippen LogP contribution in [0.3, 0.4) is 0 Å². The highest BCUT2D eigenvalue weighted by atomic mass is 79.9. The molecule has 1 aromatic carbocycles. The first-order chi connectivity index (χ1) is 9.13. The first-order valence-corrected chi connectivity index (χ1v) is 7.42. The molecule has 0 spiro atoms. The van der Waals surface area contributed by atoms with Gasteiger partial charge in [0.2, 0.25) is 0 Å². The van der Waals surface area contributed by atoms with E-state index < -0.39 is 6.10 Å². The number of aryl methyl sites for hydroxylation is 2. The van der Waals surface area contributed by atoms with Crippen LogP contribution in [-0.2, 0) is 19.4 Å². The lowest BCUT2D eigenvalue weighted by Gasteiger charge is -2.12. The summed E-state index contributed by atoms with van der Waals surface area (Å²) in [7, 11) is 0. The molecule has 0 fully saturated rings. The Balaban J connectivity index is 2.18. The Bertz CT molecular complexity index is 551. The Morgan fingerprint density at radius 2 is 2.11 bits per heavy atom. The molecule has 0 aliphatic rings. The largest absolute Gasteiger partial charge is 0.388 e. The summed E-state index contributed by atoms with van der Waals surface area (Å²) in [6, 6.07) is 9.89. The summed E-state index contributed by atoms with van der Waals surface area (Å²) in [5.41, 5.74) is 3.10. The number of halogens is 1. The predicted molar refractivity (Wildman–Crippen MR) is 80.1 cm³/mol. The Labute approximate surface area is 122 Å². The van der Waals surface area contributed by atoms with Crippen molar-refractivity contribution in [2.75, 3.05) is 0 Å². The summed E-state index contributed by atoms with van der Waals surface area (Å²) in [5, 5.41) is 14.8. The fourth-order valence-electron chi connectivity index (χ4n) is 2.16. The second-order valence-electron chi connectivity index (χ2n) is 4.57. The van der Waals surface area contributed by atoms with Crippen LogP contribution in [0.5, 0.6) is 0 Å². The van der Waals surface area contributed by atoms with Gasteiger partial charge in [0.25, 0.3) is 0 Å². The molecule has 0 bridgehead atoms. The summed E-state index contributed by atoms with van der Waals surface area (Å²) in [6.45, 7) is 5.00. The third-order valence-corrected chi connectivity index (χ3v) is 3.70. The van der Waals surface area contributed by atoms with Crippen LogP contribution in [-0.4, -0.2) is 14.9 Å². The quantitative estimate of drug-likeness (QED) is 0.914. The van der Waals surface area contributed by atoms with E-state index in [2.05, 4.69) is 40.9 Å². The van der Waals surface area contributed by atoms with Crippen LogP contribution < -0.4 is 0 Å². The molecular weight excluding hydrogens is 304 g/mol.